The molecule has 0 bridgehead atoms. The van der Waals surface area contributed by atoms with Crippen molar-refractivity contribution >= 4 is 23.2 Å². The van der Waals surface area contributed by atoms with Crippen LogP contribution in [-0.2, 0) is 19.6 Å². The molecule has 4 rings (SSSR count). The molecule has 0 saturated carbocycles. The third-order valence-corrected chi connectivity index (χ3v) is 5.58. The van der Waals surface area contributed by atoms with Crippen molar-refractivity contribution in [2.45, 2.75) is 26.6 Å². The van der Waals surface area contributed by atoms with Crippen molar-refractivity contribution in [2.75, 3.05) is 0 Å². The Hall–Kier alpha value is -2.66. The first kappa shape index (κ1) is 20.6. The monoisotopic (exact) mass is 436 g/mol. The third-order valence-electron chi connectivity index (χ3n) is 4.88. The summed E-state index contributed by atoms with van der Waals surface area (Å²) in [5.74, 6) is 0. The standard InChI is InChI=1S/C24H22Cl2N4/c1-17-10-12-18(13-11-17)14-27-15-23-24(19-6-3-2-4-7-19)29-30(28-23)16-20-21(25)8-5-9-22(20)26/h2-13,27H,14-16H2,1H3. The first-order valence-corrected chi connectivity index (χ1v) is 10.5. The SMILES string of the molecule is Cc1ccc(CNCc2nn(Cc3c(Cl)cccc3Cl)nc2-c2ccccc2)cc1. The lowest BCUT2D eigenvalue weighted by Crippen LogP contribution is -2.14. The molecule has 1 aromatic heterocycles. The van der Waals surface area contributed by atoms with Crippen molar-refractivity contribution < 1.29 is 0 Å². The summed E-state index contributed by atoms with van der Waals surface area (Å²) in [5.41, 5.74) is 6.07. The van der Waals surface area contributed by atoms with Gasteiger partial charge in [-0.3, -0.25) is 0 Å². The largest absolute Gasteiger partial charge is 0.307 e. The molecule has 1 N–H and O–H groups in total. The van der Waals surface area contributed by atoms with Gasteiger partial charge in [0.25, 0.3) is 0 Å². The van der Waals surface area contributed by atoms with E-state index in [1.54, 1.807) is 4.80 Å². The lowest BCUT2D eigenvalue weighted by atomic mass is 10.1. The van der Waals surface area contributed by atoms with Crippen LogP contribution in [0.2, 0.25) is 10.0 Å². The number of hydrogen-bond donors (Lipinski definition) is 1. The van der Waals surface area contributed by atoms with E-state index in [4.69, 9.17) is 33.4 Å². The zero-order chi connectivity index (χ0) is 20.9. The topological polar surface area (TPSA) is 42.7 Å². The summed E-state index contributed by atoms with van der Waals surface area (Å²) in [6.45, 7) is 3.87. The maximum Gasteiger partial charge on any atom is 0.117 e. The molecule has 1 heterocycles. The maximum absolute atomic E-state index is 6.34. The van der Waals surface area contributed by atoms with E-state index < -0.39 is 0 Å². The molecule has 152 valence electrons. The molecular formula is C24H22Cl2N4. The average Bonchev–Trinajstić information content (AvgIpc) is 3.16. The van der Waals surface area contributed by atoms with E-state index in [0.717, 1.165) is 29.1 Å². The average molecular weight is 437 g/mol. The van der Waals surface area contributed by atoms with Gasteiger partial charge in [0.15, 0.2) is 0 Å². The molecular weight excluding hydrogens is 415 g/mol. The molecule has 0 aliphatic rings. The van der Waals surface area contributed by atoms with E-state index in [9.17, 15) is 0 Å². The van der Waals surface area contributed by atoms with Crippen LogP contribution >= 0.6 is 23.2 Å². The zero-order valence-electron chi connectivity index (χ0n) is 16.6. The highest BCUT2D eigenvalue weighted by Crippen LogP contribution is 2.26. The molecule has 0 atom stereocenters. The number of halogens is 2. The summed E-state index contributed by atoms with van der Waals surface area (Å²) in [7, 11) is 0. The minimum atomic E-state index is 0.413. The Morgan fingerprint density at radius 2 is 1.50 bits per heavy atom. The Bertz CT molecular complexity index is 1100. The Kier molecular flexibility index (Phi) is 6.48. The highest BCUT2D eigenvalue weighted by molar-refractivity contribution is 6.35. The lowest BCUT2D eigenvalue weighted by molar-refractivity contribution is 0.576. The van der Waals surface area contributed by atoms with Crippen molar-refractivity contribution in [1.29, 1.82) is 0 Å². The molecule has 0 amide bonds. The van der Waals surface area contributed by atoms with Gasteiger partial charge in [-0.25, -0.2) is 0 Å². The Morgan fingerprint density at radius 3 is 2.20 bits per heavy atom. The van der Waals surface area contributed by atoms with Gasteiger partial charge < -0.3 is 5.32 Å². The van der Waals surface area contributed by atoms with Crippen LogP contribution in [0.15, 0.2) is 72.8 Å². The van der Waals surface area contributed by atoms with Crippen LogP contribution in [0.1, 0.15) is 22.4 Å². The number of aryl methyl sites for hydroxylation is 1. The summed E-state index contributed by atoms with van der Waals surface area (Å²) in [4.78, 5) is 1.66. The second-order valence-electron chi connectivity index (χ2n) is 7.18. The fourth-order valence-corrected chi connectivity index (χ4v) is 3.77. The number of hydrogen-bond acceptors (Lipinski definition) is 3. The molecule has 4 aromatic rings. The van der Waals surface area contributed by atoms with Crippen molar-refractivity contribution in [2.24, 2.45) is 0 Å². The van der Waals surface area contributed by atoms with Crippen molar-refractivity contribution in [1.82, 2.24) is 20.3 Å². The van der Waals surface area contributed by atoms with Crippen LogP contribution in [0.3, 0.4) is 0 Å². The van der Waals surface area contributed by atoms with Gasteiger partial charge in [-0.05, 0) is 24.6 Å². The van der Waals surface area contributed by atoms with E-state index >= 15 is 0 Å². The van der Waals surface area contributed by atoms with Crippen molar-refractivity contribution in [3.8, 4) is 11.3 Å². The molecule has 0 aliphatic heterocycles. The number of aromatic nitrogens is 3. The highest BCUT2D eigenvalue weighted by atomic mass is 35.5. The molecule has 4 nitrogen and oxygen atoms in total. The normalized spacial score (nSPS) is 11.0. The van der Waals surface area contributed by atoms with E-state index in [1.807, 2.05) is 48.5 Å². The highest BCUT2D eigenvalue weighted by Gasteiger charge is 2.15. The van der Waals surface area contributed by atoms with E-state index in [0.29, 0.717) is 23.1 Å². The third kappa shape index (κ3) is 4.90. The van der Waals surface area contributed by atoms with E-state index in [2.05, 4.69) is 36.5 Å². The van der Waals surface area contributed by atoms with Crippen LogP contribution in [-0.4, -0.2) is 15.0 Å². The molecule has 30 heavy (non-hydrogen) atoms. The van der Waals surface area contributed by atoms with Crippen LogP contribution in [0.25, 0.3) is 11.3 Å². The van der Waals surface area contributed by atoms with Gasteiger partial charge in [-0.2, -0.15) is 15.0 Å². The molecule has 0 radical (unpaired) electrons. The van der Waals surface area contributed by atoms with Gasteiger partial charge in [-0.1, -0.05) is 89.4 Å². The van der Waals surface area contributed by atoms with Crippen molar-refractivity contribution in [3.63, 3.8) is 0 Å². The Morgan fingerprint density at radius 1 is 0.800 bits per heavy atom. The molecule has 0 aliphatic carbocycles. The fraction of sp³-hybridized carbons (Fsp3) is 0.167. The predicted octanol–water partition coefficient (Wildman–Crippen LogP) is 5.90. The number of benzene rings is 3. The summed E-state index contributed by atoms with van der Waals surface area (Å²) in [6, 6.07) is 24.1. The molecule has 0 spiro atoms. The summed E-state index contributed by atoms with van der Waals surface area (Å²) in [6.07, 6.45) is 0. The first-order valence-electron chi connectivity index (χ1n) is 9.79. The molecule has 3 aromatic carbocycles. The summed E-state index contributed by atoms with van der Waals surface area (Å²) < 4.78 is 0. The molecule has 0 fully saturated rings. The number of nitrogens with zero attached hydrogens (tertiary/aromatic N) is 3. The van der Waals surface area contributed by atoms with Gasteiger partial charge in [-0.15, -0.1) is 0 Å². The van der Waals surface area contributed by atoms with Gasteiger partial charge in [0.2, 0.25) is 0 Å². The molecule has 6 heteroatoms. The number of rotatable bonds is 7. The Labute approximate surface area is 186 Å². The second-order valence-corrected chi connectivity index (χ2v) is 8.00. The molecule has 0 saturated heterocycles. The van der Waals surface area contributed by atoms with Crippen LogP contribution in [0.4, 0.5) is 0 Å². The van der Waals surface area contributed by atoms with E-state index in [-0.39, 0.29) is 0 Å². The minimum absolute atomic E-state index is 0.413. The van der Waals surface area contributed by atoms with Gasteiger partial charge in [0, 0.05) is 34.3 Å². The molecule has 0 unspecified atom stereocenters. The fourth-order valence-electron chi connectivity index (χ4n) is 3.25. The Balaban J connectivity index is 1.57. The van der Waals surface area contributed by atoms with Crippen LogP contribution in [0, 0.1) is 6.92 Å². The van der Waals surface area contributed by atoms with Gasteiger partial charge in [0.05, 0.1) is 6.54 Å². The van der Waals surface area contributed by atoms with Gasteiger partial charge in [0.1, 0.15) is 11.4 Å². The minimum Gasteiger partial charge on any atom is -0.307 e. The van der Waals surface area contributed by atoms with Crippen LogP contribution in [0.5, 0.6) is 0 Å². The van der Waals surface area contributed by atoms with Crippen molar-refractivity contribution in [3.05, 3.63) is 105 Å². The van der Waals surface area contributed by atoms with Crippen LogP contribution < -0.4 is 5.32 Å². The lowest BCUT2D eigenvalue weighted by Gasteiger charge is -2.06. The van der Waals surface area contributed by atoms with Gasteiger partial charge >= 0.3 is 0 Å². The summed E-state index contributed by atoms with van der Waals surface area (Å²) >= 11 is 12.7. The number of nitrogens with one attached hydrogen (secondary N) is 1. The zero-order valence-corrected chi connectivity index (χ0v) is 18.2. The summed E-state index contributed by atoms with van der Waals surface area (Å²) in [5, 5.41) is 14.2. The second kappa shape index (κ2) is 9.43. The maximum atomic E-state index is 6.34. The quantitative estimate of drug-likeness (QED) is 0.392. The van der Waals surface area contributed by atoms with E-state index in [1.165, 1.54) is 11.1 Å². The first-order chi connectivity index (χ1) is 14.6. The smallest absolute Gasteiger partial charge is 0.117 e. The predicted molar refractivity (Wildman–Crippen MR) is 123 cm³/mol.